The molecule has 0 fully saturated rings. The van der Waals surface area contributed by atoms with Crippen LogP contribution in [0.15, 0.2) is 18.2 Å². The van der Waals surface area contributed by atoms with E-state index in [1.54, 1.807) is 4.68 Å². The Kier molecular flexibility index (Phi) is 4.42. The second-order valence-electron chi connectivity index (χ2n) is 4.58. The number of aromatic nitrogens is 2. The Labute approximate surface area is 130 Å². The molecule has 106 valence electrons. The number of hydrogen-bond acceptors (Lipinski definition) is 2. The molecule has 1 heterocycles. The van der Waals surface area contributed by atoms with Gasteiger partial charge in [-0.15, -0.1) is 0 Å². The molecule has 0 aliphatic heterocycles. The number of carbonyl (C=O) groups is 1. The van der Waals surface area contributed by atoms with Gasteiger partial charge in [-0.05, 0) is 54.6 Å². The first-order chi connectivity index (χ1) is 9.40. The first-order valence-corrected chi connectivity index (χ1v) is 7.20. The van der Waals surface area contributed by atoms with Crippen molar-refractivity contribution < 1.29 is 9.18 Å². The fraction of sp³-hybridized carbons (Fsp3) is 0.286. The summed E-state index contributed by atoms with van der Waals surface area (Å²) >= 11 is 1.96. The summed E-state index contributed by atoms with van der Waals surface area (Å²) in [6.07, 6.45) is 0. The van der Waals surface area contributed by atoms with E-state index in [0.717, 1.165) is 17.0 Å². The number of hydrogen-bond donors (Lipinski definition) is 1. The summed E-state index contributed by atoms with van der Waals surface area (Å²) in [5.74, 6) is -0.554. The third-order valence-corrected chi connectivity index (χ3v) is 4.15. The Balaban J connectivity index is 2.12. The summed E-state index contributed by atoms with van der Waals surface area (Å²) in [5.41, 5.74) is 3.42. The lowest BCUT2D eigenvalue weighted by Gasteiger charge is -2.07. The molecule has 0 unspecified atom stereocenters. The first-order valence-electron chi connectivity index (χ1n) is 6.12. The molecule has 0 saturated carbocycles. The van der Waals surface area contributed by atoms with Crippen LogP contribution in [0.1, 0.15) is 27.3 Å². The van der Waals surface area contributed by atoms with Crippen LogP contribution < -0.4 is 5.32 Å². The number of rotatable bonds is 3. The van der Waals surface area contributed by atoms with E-state index in [0.29, 0.717) is 15.7 Å². The lowest BCUT2D eigenvalue weighted by molar-refractivity contribution is 0.0950. The molecule has 0 atom stereocenters. The number of aryl methyl sites for hydroxylation is 2. The fourth-order valence-corrected chi connectivity index (χ4v) is 2.73. The zero-order valence-electron chi connectivity index (χ0n) is 11.5. The van der Waals surface area contributed by atoms with E-state index in [-0.39, 0.29) is 11.7 Å². The summed E-state index contributed by atoms with van der Waals surface area (Å²) in [6, 6.07) is 4.13. The zero-order valence-corrected chi connectivity index (χ0v) is 13.7. The number of nitrogens with zero attached hydrogens (tertiary/aromatic N) is 2. The van der Waals surface area contributed by atoms with Crippen molar-refractivity contribution in [3.63, 3.8) is 0 Å². The van der Waals surface area contributed by atoms with Gasteiger partial charge < -0.3 is 5.32 Å². The summed E-state index contributed by atoms with van der Waals surface area (Å²) in [4.78, 5) is 12.1. The molecule has 0 saturated heterocycles. The van der Waals surface area contributed by atoms with Crippen molar-refractivity contribution in [1.29, 1.82) is 0 Å². The highest BCUT2D eigenvalue weighted by Gasteiger charge is 2.13. The number of nitrogens with one attached hydrogen (secondary N) is 1. The molecule has 2 rings (SSSR count). The molecule has 1 aromatic carbocycles. The SMILES string of the molecule is Cc1nn(C)c(C)c1CNC(=O)c1ccc(F)cc1I. The average Bonchev–Trinajstić information content (AvgIpc) is 2.61. The summed E-state index contributed by atoms with van der Waals surface area (Å²) < 4.78 is 15.4. The Bertz CT molecular complexity index is 667. The Hall–Kier alpha value is -1.44. The molecule has 1 N–H and O–H groups in total. The molecule has 0 aliphatic rings. The normalized spacial score (nSPS) is 10.7. The highest BCUT2D eigenvalue weighted by Crippen LogP contribution is 2.15. The molecule has 6 heteroatoms. The monoisotopic (exact) mass is 387 g/mol. The smallest absolute Gasteiger partial charge is 0.252 e. The zero-order chi connectivity index (χ0) is 14.9. The van der Waals surface area contributed by atoms with Crippen LogP contribution in [0.3, 0.4) is 0 Å². The minimum atomic E-state index is -0.343. The van der Waals surface area contributed by atoms with Gasteiger partial charge in [0.1, 0.15) is 5.82 Å². The third kappa shape index (κ3) is 3.00. The maximum atomic E-state index is 13.0. The van der Waals surface area contributed by atoms with Crippen molar-refractivity contribution >= 4 is 28.5 Å². The van der Waals surface area contributed by atoms with Crippen molar-refractivity contribution in [2.24, 2.45) is 7.05 Å². The number of halogens is 2. The summed E-state index contributed by atoms with van der Waals surface area (Å²) in [6.45, 7) is 4.29. The van der Waals surface area contributed by atoms with Gasteiger partial charge in [-0.1, -0.05) is 0 Å². The Morgan fingerprint density at radius 1 is 1.45 bits per heavy atom. The highest BCUT2D eigenvalue weighted by molar-refractivity contribution is 14.1. The van der Waals surface area contributed by atoms with Crippen LogP contribution in [0.25, 0.3) is 0 Å². The number of benzene rings is 1. The number of carbonyl (C=O) groups excluding carboxylic acids is 1. The number of amides is 1. The van der Waals surface area contributed by atoms with Gasteiger partial charge in [0.05, 0.1) is 11.3 Å². The van der Waals surface area contributed by atoms with Crippen molar-refractivity contribution in [2.75, 3.05) is 0 Å². The molecule has 0 aliphatic carbocycles. The molecule has 4 nitrogen and oxygen atoms in total. The van der Waals surface area contributed by atoms with E-state index in [2.05, 4.69) is 10.4 Å². The van der Waals surface area contributed by atoms with Gasteiger partial charge in [-0.25, -0.2) is 4.39 Å². The quantitative estimate of drug-likeness (QED) is 0.824. The van der Waals surface area contributed by atoms with Gasteiger partial charge in [-0.2, -0.15) is 5.10 Å². The van der Waals surface area contributed by atoms with E-state index in [9.17, 15) is 9.18 Å². The largest absolute Gasteiger partial charge is 0.348 e. The minimum absolute atomic E-state index is 0.211. The standard InChI is InChI=1S/C14H15FIN3O/c1-8-12(9(2)19(3)18-8)7-17-14(20)11-5-4-10(15)6-13(11)16/h4-6H,7H2,1-3H3,(H,17,20). The van der Waals surface area contributed by atoms with Crippen LogP contribution in [-0.2, 0) is 13.6 Å². The molecule has 1 aromatic heterocycles. The van der Waals surface area contributed by atoms with E-state index in [4.69, 9.17) is 0 Å². The lowest BCUT2D eigenvalue weighted by Crippen LogP contribution is -2.24. The molecule has 0 bridgehead atoms. The van der Waals surface area contributed by atoms with Crippen LogP contribution in [0.2, 0.25) is 0 Å². The van der Waals surface area contributed by atoms with E-state index in [1.165, 1.54) is 18.2 Å². The van der Waals surface area contributed by atoms with E-state index < -0.39 is 0 Å². The minimum Gasteiger partial charge on any atom is -0.348 e. The van der Waals surface area contributed by atoms with Crippen LogP contribution in [0.5, 0.6) is 0 Å². The van der Waals surface area contributed by atoms with Gasteiger partial charge in [0.25, 0.3) is 5.91 Å². The molecule has 1 amide bonds. The van der Waals surface area contributed by atoms with E-state index >= 15 is 0 Å². The molecule has 20 heavy (non-hydrogen) atoms. The van der Waals surface area contributed by atoms with Gasteiger partial charge in [0.2, 0.25) is 0 Å². The molecule has 0 radical (unpaired) electrons. The predicted octanol–water partition coefficient (Wildman–Crippen LogP) is 2.71. The molecule has 2 aromatic rings. The van der Waals surface area contributed by atoms with Crippen LogP contribution >= 0.6 is 22.6 Å². The molecule has 0 spiro atoms. The van der Waals surface area contributed by atoms with Crippen molar-refractivity contribution in [2.45, 2.75) is 20.4 Å². The molecular weight excluding hydrogens is 372 g/mol. The molecular formula is C14H15FIN3O. The second-order valence-corrected chi connectivity index (χ2v) is 5.74. The van der Waals surface area contributed by atoms with Gasteiger partial charge in [0, 0.05) is 28.4 Å². The van der Waals surface area contributed by atoms with E-state index in [1.807, 2.05) is 43.5 Å². The Morgan fingerprint density at radius 3 is 2.70 bits per heavy atom. The maximum absolute atomic E-state index is 13.0. The van der Waals surface area contributed by atoms with Gasteiger partial charge in [-0.3, -0.25) is 9.48 Å². The predicted molar refractivity (Wildman–Crippen MR) is 83.0 cm³/mol. The summed E-state index contributed by atoms with van der Waals surface area (Å²) in [7, 11) is 1.87. The van der Waals surface area contributed by atoms with Crippen LogP contribution in [0, 0.1) is 23.2 Å². The maximum Gasteiger partial charge on any atom is 0.252 e. The fourth-order valence-electron chi connectivity index (χ4n) is 2.01. The lowest BCUT2D eigenvalue weighted by atomic mass is 10.1. The van der Waals surface area contributed by atoms with Crippen molar-refractivity contribution in [3.8, 4) is 0 Å². The summed E-state index contributed by atoms with van der Waals surface area (Å²) in [5, 5.41) is 7.16. The average molecular weight is 387 g/mol. The topological polar surface area (TPSA) is 46.9 Å². The Morgan fingerprint density at radius 2 is 2.15 bits per heavy atom. The van der Waals surface area contributed by atoms with Crippen molar-refractivity contribution in [1.82, 2.24) is 15.1 Å². The van der Waals surface area contributed by atoms with Crippen LogP contribution in [0.4, 0.5) is 4.39 Å². The first kappa shape index (κ1) is 15.0. The third-order valence-electron chi connectivity index (χ3n) is 3.26. The second kappa shape index (κ2) is 5.90. The van der Waals surface area contributed by atoms with Gasteiger partial charge >= 0.3 is 0 Å². The van der Waals surface area contributed by atoms with Crippen LogP contribution in [-0.4, -0.2) is 15.7 Å². The van der Waals surface area contributed by atoms with Gasteiger partial charge in [0.15, 0.2) is 0 Å². The highest BCUT2D eigenvalue weighted by atomic mass is 127. The van der Waals surface area contributed by atoms with Crippen molar-refractivity contribution in [3.05, 3.63) is 50.1 Å².